The van der Waals surface area contributed by atoms with Crippen LogP contribution in [0, 0.1) is 0 Å². The van der Waals surface area contributed by atoms with Gasteiger partial charge in [0.15, 0.2) is 5.11 Å². The second-order valence-corrected chi connectivity index (χ2v) is 7.82. The van der Waals surface area contributed by atoms with Crippen molar-refractivity contribution in [1.82, 2.24) is 5.32 Å². The van der Waals surface area contributed by atoms with Gasteiger partial charge in [0.2, 0.25) is 0 Å². The number of carbonyl (C=O) groups is 3. The molecule has 0 atom stereocenters. The predicted octanol–water partition coefficient (Wildman–Crippen LogP) is 4.24. The average Bonchev–Trinajstić information content (AvgIpc) is 3.20. The van der Waals surface area contributed by atoms with E-state index in [-0.39, 0.29) is 22.0 Å². The maximum atomic E-state index is 13.0. The summed E-state index contributed by atoms with van der Waals surface area (Å²) in [5.74, 6) is -1.46. The molecule has 2 aromatic carbocycles. The summed E-state index contributed by atoms with van der Waals surface area (Å²) >= 11 is 8.54. The standard InChI is InChI=1S/C22H13BrN2O5S/c23-14-2-1-3-15(10-14)25-20(27)17(19(26)24-22(25)31)11-16-8-9-18(30-16)12-4-6-13(7-5-12)21(28)29/h1-11H,(H,28,29)(H,24,26,31). The zero-order chi connectivity index (χ0) is 22.1. The van der Waals surface area contributed by atoms with Crippen LogP contribution in [0.2, 0.25) is 0 Å². The van der Waals surface area contributed by atoms with Crippen LogP contribution in [0.5, 0.6) is 0 Å². The lowest BCUT2D eigenvalue weighted by atomic mass is 10.1. The van der Waals surface area contributed by atoms with Crippen molar-refractivity contribution in [3.8, 4) is 11.3 Å². The number of carboxylic acids is 1. The number of halogens is 1. The van der Waals surface area contributed by atoms with Crippen LogP contribution in [0.4, 0.5) is 5.69 Å². The molecule has 0 radical (unpaired) electrons. The third-order valence-corrected chi connectivity index (χ3v) is 5.28. The summed E-state index contributed by atoms with van der Waals surface area (Å²) in [7, 11) is 0. The smallest absolute Gasteiger partial charge is 0.335 e. The van der Waals surface area contributed by atoms with Crippen LogP contribution in [0.25, 0.3) is 17.4 Å². The minimum atomic E-state index is -1.02. The highest BCUT2D eigenvalue weighted by atomic mass is 79.9. The molecule has 0 aliphatic carbocycles. The normalized spacial score (nSPS) is 15.3. The highest BCUT2D eigenvalue weighted by Gasteiger charge is 2.34. The van der Waals surface area contributed by atoms with Gasteiger partial charge in [-0.05, 0) is 60.8 Å². The Morgan fingerprint density at radius 2 is 1.84 bits per heavy atom. The zero-order valence-electron chi connectivity index (χ0n) is 15.7. The summed E-state index contributed by atoms with van der Waals surface area (Å²) in [6, 6.07) is 16.4. The van der Waals surface area contributed by atoms with Crippen LogP contribution in [0.3, 0.4) is 0 Å². The lowest BCUT2D eigenvalue weighted by molar-refractivity contribution is -0.122. The molecule has 3 aromatic rings. The molecule has 2 N–H and O–H groups in total. The Balaban J connectivity index is 1.64. The van der Waals surface area contributed by atoms with Crippen molar-refractivity contribution in [3.63, 3.8) is 0 Å². The summed E-state index contributed by atoms with van der Waals surface area (Å²) < 4.78 is 6.50. The first-order chi connectivity index (χ1) is 14.8. The van der Waals surface area contributed by atoms with Crippen molar-refractivity contribution in [2.45, 2.75) is 0 Å². The van der Waals surface area contributed by atoms with E-state index in [9.17, 15) is 14.4 Å². The molecule has 31 heavy (non-hydrogen) atoms. The van der Waals surface area contributed by atoms with Crippen LogP contribution in [-0.4, -0.2) is 28.0 Å². The van der Waals surface area contributed by atoms with E-state index in [1.54, 1.807) is 42.5 Å². The highest BCUT2D eigenvalue weighted by Crippen LogP contribution is 2.27. The number of anilines is 1. The lowest BCUT2D eigenvalue weighted by Gasteiger charge is -2.28. The molecule has 1 aliphatic heterocycles. The van der Waals surface area contributed by atoms with Gasteiger partial charge in [-0.15, -0.1) is 0 Å². The van der Waals surface area contributed by atoms with E-state index >= 15 is 0 Å². The Hall–Kier alpha value is -3.56. The number of nitrogens with zero attached hydrogens (tertiary/aromatic N) is 1. The molecule has 1 saturated heterocycles. The lowest BCUT2D eigenvalue weighted by Crippen LogP contribution is -2.54. The van der Waals surface area contributed by atoms with E-state index in [1.165, 1.54) is 23.1 Å². The number of nitrogens with one attached hydrogen (secondary N) is 1. The van der Waals surface area contributed by atoms with E-state index < -0.39 is 17.8 Å². The largest absolute Gasteiger partial charge is 0.478 e. The molecule has 1 aromatic heterocycles. The topological polar surface area (TPSA) is 99.9 Å². The number of hydrogen-bond acceptors (Lipinski definition) is 5. The number of carboxylic acid groups (broad SMARTS) is 1. The fourth-order valence-electron chi connectivity index (χ4n) is 3.01. The van der Waals surface area contributed by atoms with Crippen LogP contribution in [-0.2, 0) is 9.59 Å². The van der Waals surface area contributed by atoms with Crippen LogP contribution in [0.15, 0.2) is 75.1 Å². The van der Waals surface area contributed by atoms with Crippen molar-refractivity contribution in [2.75, 3.05) is 4.90 Å². The molecule has 1 aliphatic rings. The number of rotatable bonds is 4. The third kappa shape index (κ3) is 4.18. The number of thiocarbonyl (C=S) groups is 1. The number of aromatic carboxylic acids is 1. The van der Waals surface area contributed by atoms with Gasteiger partial charge in [0.25, 0.3) is 11.8 Å². The Kier molecular flexibility index (Phi) is 5.53. The van der Waals surface area contributed by atoms with Gasteiger partial charge in [0.1, 0.15) is 17.1 Å². The Labute approximate surface area is 190 Å². The monoisotopic (exact) mass is 496 g/mol. The van der Waals surface area contributed by atoms with E-state index in [4.69, 9.17) is 21.7 Å². The van der Waals surface area contributed by atoms with Gasteiger partial charge in [-0.3, -0.25) is 19.8 Å². The minimum Gasteiger partial charge on any atom is -0.478 e. The first-order valence-corrected chi connectivity index (χ1v) is 10.1. The summed E-state index contributed by atoms with van der Waals surface area (Å²) in [5, 5.41) is 11.5. The van der Waals surface area contributed by atoms with Crippen LogP contribution in [0.1, 0.15) is 16.1 Å². The molecule has 0 saturated carbocycles. The number of furan rings is 1. The zero-order valence-corrected chi connectivity index (χ0v) is 18.1. The van der Waals surface area contributed by atoms with Gasteiger partial charge in [0, 0.05) is 10.0 Å². The van der Waals surface area contributed by atoms with Gasteiger partial charge < -0.3 is 9.52 Å². The number of hydrogen-bond donors (Lipinski definition) is 2. The van der Waals surface area contributed by atoms with Gasteiger partial charge in [-0.25, -0.2) is 4.79 Å². The summed E-state index contributed by atoms with van der Waals surface area (Å²) in [6.07, 6.45) is 1.35. The fraction of sp³-hybridized carbons (Fsp3) is 0. The van der Waals surface area contributed by atoms with Crippen molar-refractivity contribution >= 4 is 62.8 Å². The second kappa shape index (κ2) is 8.29. The Morgan fingerprint density at radius 1 is 1.10 bits per heavy atom. The molecule has 2 amide bonds. The van der Waals surface area contributed by atoms with Crippen molar-refractivity contribution in [1.29, 1.82) is 0 Å². The van der Waals surface area contributed by atoms with E-state index in [1.807, 2.05) is 6.07 Å². The van der Waals surface area contributed by atoms with Crippen LogP contribution >= 0.6 is 28.1 Å². The van der Waals surface area contributed by atoms with Crippen molar-refractivity contribution in [3.05, 3.63) is 82.0 Å². The molecule has 2 heterocycles. The fourth-order valence-corrected chi connectivity index (χ4v) is 3.68. The van der Waals surface area contributed by atoms with Gasteiger partial charge >= 0.3 is 5.97 Å². The minimum absolute atomic E-state index is 0.0103. The summed E-state index contributed by atoms with van der Waals surface area (Å²) in [6.45, 7) is 0. The Bertz CT molecular complexity index is 1260. The molecule has 154 valence electrons. The average molecular weight is 497 g/mol. The third-order valence-electron chi connectivity index (χ3n) is 4.50. The molecular formula is C22H13BrN2O5S. The number of benzene rings is 2. The van der Waals surface area contributed by atoms with Gasteiger partial charge in [-0.2, -0.15) is 0 Å². The maximum absolute atomic E-state index is 13.0. The highest BCUT2D eigenvalue weighted by molar-refractivity contribution is 9.10. The van der Waals surface area contributed by atoms with E-state index in [0.717, 1.165) is 4.47 Å². The molecule has 7 nitrogen and oxygen atoms in total. The second-order valence-electron chi connectivity index (χ2n) is 6.52. The molecule has 0 spiro atoms. The van der Waals surface area contributed by atoms with Gasteiger partial charge in [-0.1, -0.05) is 34.1 Å². The summed E-state index contributed by atoms with van der Waals surface area (Å²) in [5.41, 5.74) is 1.20. The number of amides is 2. The predicted molar refractivity (Wildman–Crippen MR) is 121 cm³/mol. The molecule has 1 fully saturated rings. The maximum Gasteiger partial charge on any atom is 0.335 e. The van der Waals surface area contributed by atoms with Gasteiger partial charge in [0.05, 0.1) is 11.3 Å². The molecular weight excluding hydrogens is 484 g/mol. The molecule has 0 bridgehead atoms. The quantitative estimate of drug-likeness (QED) is 0.318. The molecule has 4 rings (SSSR count). The first-order valence-electron chi connectivity index (χ1n) is 8.94. The van der Waals surface area contributed by atoms with Crippen LogP contribution < -0.4 is 10.2 Å². The van der Waals surface area contributed by atoms with Crippen molar-refractivity contribution in [2.24, 2.45) is 0 Å². The SMILES string of the molecule is O=C1NC(=S)N(c2cccc(Br)c2)C(=O)C1=Cc1ccc(-c2ccc(C(=O)O)cc2)o1. The summed E-state index contributed by atoms with van der Waals surface area (Å²) in [4.78, 5) is 37.7. The Morgan fingerprint density at radius 3 is 2.52 bits per heavy atom. The van der Waals surface area contributed by atoms with E-state index in [2.05, 4.69) is 21.2 Å². The van der Waals surface area contributed by atoms with E-state index in [0.29, 0.717) is 17.0 Å². The molecule has 0 unspecified atom stereocenters. The number of carbonyl (C=O) groups excluding carboxylic acids is 2. The first kappa shape index (κ1) is 20.7. The van der Waals surface area contributed by atoms with Crippen molar-refractivity contribution < 1.29 is 23.9 Å². The molecule has 9 heteroatoms.